The van der Waals surface area contributed by atoms with Gasteiger partial charge in [0.15, 0.2) is 0 Å². The van der Waals surface area contributed by atoms with E-state index in [-0.39, 0.29) is 5.56 Å². The molecular formula is C14H11BF2N2. The van der Waals surface area contributed by atoms with Crippen LogP contribution in [0.2, 0.25) is 0 Å². The number of hydrogen-bond acceptors (Lipinski definition) is 2. The first-order valence-corrected chi connectivity index (χ1v) is 5.67. The van der Waals surface area contributed by atoms with E-state index >= 15 is 0 Å². The fourth-order valence-corrected chi connectivity index (χ4v) is 1.79. The Morgan fingerprint density at radius 2 is 2.00 bits per heavy atom. The Kier molecular flexibility index (Phi) is 3.74. The molecule has 0 spiro atoms. The van der Waals surface area contributed by atoms with E-state index < -0.39 is 11.6 Å². The molecule has 0 N–H and O–H groups in total. The van der Waals surface area contributed by atoms with Crippen molar-refractivity contribution in [2.45, 2.75) is 6.92 Å². The second-order valence-electron chi connectivity index (χ2n) is 4.12. The monoisotopic (exact) mass is 256 g/mol. The third-order valence-corrected chi connectivity index (χ3v) is 2.83. The lowest BCUT2D eigenvalue weighted by molar-refractivity contribution is 0.585. The lowest BCUT2D eigenvalue weighted by Gasteiger charge is -2.08. The van der Waals surface area contributed by atoms with Crippen LogP contribution >= 0.6 is 0 Å². The van der Waals surface area contributed by atoms with E-state index in [1.165, 1.54) is 18.3 Å². The van der Waals surface area contributed by atoms with Crippen molar-refractivity contribution in [2.75, 3.05) is 7.05 Å². The summed E-state index contributed by atoms with van der Waals surface area (Å²) in [4.78, 5) is 8.03. The molecule has 1 heterocycles. The largest absolute Gasteiger partial charge is 0.304 e. The second-order valence-corrected chi connectivity index (χ2v) is 4.12. The van der Waals surface area contributed by atoms with Gasteiger partial charge in [0.05, 0.1) is 5.69 Å². The van der Waals surface area contributed by atoms with Crippen LogP contribution in [0.4, 0.5) is 8.78 Å². The van der Waals surface area contributed by atoms with Crippen LogP contribution in [0.25, 0.3) is 11.3 Å². The van der Waals surface area contributed by atoms with Crippen molar-refractivity contribution in [2.24, 2.45) is 4.99 Å². The number of hydrogen-bond donors (Lipinski definition) is 0. The van der Waals surface area contributed by atoms with Crippen molar-refractivity contribution in [1.29, 1.82) is 0 Å². The SMILES string of the molecule is [B]C(=NC)c1cnc(-c2ccc(F)cc2F)cc1C. The van der Waals surface area contributed by atoms with E-state index in [1.54, 1.807) is 13.1 Å². The first kappa shape index (κ1) is 13.4. The smallest absolute Gasteiger partial charge is 0.142 e. The van der Waals surface area contributed by atoms with E-state index in [0.717, 1.165) is 11.6 Å². The maximum absolute atomic E-state index is 13.7. The van der Waals surface area contributed by atoms with Crippen molar-refractivity contribution in [3.63, 3.8) is 0 Å². The molecule has 0 unspecified atom stereocenters. The van der Waals surface area contributed by atoms with E-state index in [4.69, 9.17) is 7.85 Å². The van der Waals surface area contributed by atoms with Gasteiger partial charge < -0.3 is 4.99 Å². The van der Waals surface area contributed by atoms with Crippen LogP contribution in [-0.4, -0.2) is 25.5 Å². The average Bonchev–Trinajstić information content (AvgIpc) is 2.37. The zero-order chi connectivity index (χ0) is 14.0. The zero-order valence-electron chi connectivity index (χ0n) is 10.6. The van der Waals surface area contributed by atoms with Gasteiger partial charge in [0.1, 0.15) is 19.5 Å². The van der Waals surface area contributed by atoms with Crippen LogP contribution in [0.1, 0.15) is 11.1 Å². The summed E-state index contributed by atoms with van der Waals surface area (Å²) in [5, 5.41) is 0. The van der Waals surface area contributed by atoms with Crippen LogP contribution in [0, 0.1) is 18.6 Å². The standard InChI is InChI=1S/C14H11BF2N2/c1-8-5-13(19-7-11(8)14(15)18-2)10-4-3-9(16)6-12(10)17/h3-7H,1-2H3. The predicted molar refractivity (Wildman–Crippen MR) is 72.5 cm³/mol. The van der Waals surface area contributed by atoms with Gasteiger partial charge in [-0.2, -0.15) is 0 Å². The number of aliphatic imine (C=N–C) groups is 1. The quantitative estimate of drug-likeness (QED) is 0.599. The van der Waals surface area contributed by atoms with Crippen molar-refractivity contribution in [3.05, 3.63) is 53.2 Å². The molecule has 0 fully saturated rings. The van der Waals surface area contributed by atoms with E-state index in [2.05, 4.69) is 9.98 Å². The number of rotatable bonds is 2. The number of nitrogens with zero attached hydrogens (tertiary/aromatic N) is 2. The average molecular weight is 256 g/mol. The molecule has 2 nitrogen and oxygen atoms in total. The number of benzene rings is 1. The third kappa shape index (κ3) is 2.70. The van der Waals surface area contributed by atoms with Gasteiger partial charge in [-0.25, -0.2) is 8.78 Å². The highest BCUT2D eigenvalue weighted by Gasteiger charge is 2.10. The molecule has 0 aliphatic carbocycles. The normalized spacial score (nSPS) is 11.7. The maximum atomic E-state index is 13.7. The van der Waals surface area contributed by atoms with Gasteiger partial charge in [-0.15, -0.1) is 0 Å². The first-order chi connectivity index (χ1) is 9.02. The van der Waals surface area contributed by atoms with Crippen molar-refractivity contribution in [1.82, 2.24) is 4.98 Å². The summed E-state index contributed by atoms with van der Waals surface area (Å²) in [5.41, 5.74) is 2.59. The Labute approximate surface area is 111 Å². The van der Waals surface area contributed by atoms with Gasteiger partial charge in [0.25, 0.3) is 0 Å². The zero-order valence-corrected chi connectivity index (χ0v) is 10.6. The highest BCUT2D eigenvalue weighted by atomic mass is 19.1. The lowest BCUT2D eigenvalue weighted by Crippen LogP contribution is -2.04. The topological polar surface area (TPSA) is 25.2 Å². The molecule has 5 heteroatoms. The van der Waals surface area contributed by atoms with Crippen LogP contribution in [0.3, 0.4) is 0 Å². The molecule has 0 bridgehead atoms. The number of aromatic nitrogens is 1. The van der Waals surface area contributed by atoms with Gasteiger partial charge >= 0.3 is 0 Å². The predicted octanol–water partition coefficient (Wildman–Crippen LogP) is 2.88. The molecule has 1 aromatic heterocycles. The number of pyridine rings is 1. The van der Waals surface area contributed by atoms with Crippen molar-refractivity contribution in [3.8, 4) is 11.3 Å². The maximum Gasteiger partial charge on any atom is 0.142 e. The van der Waals surface area contributed by atoms with Crippen LogP contribution in [0.5, 0.6) is 0 Å². The Balaban J connectivity index is 2.50. The Morgan fingerprint density at radius 3 is 2.58 bits per heavy atom. The molecule has 0 aliphatic heterocycles. The molecule has 1 aromatic carbocycles. The molecule has 2 aromatic rings. The summed E-state index contributed by atoms with van der Waals surface area (Å²) < 4.78 is 26.5. The van der Waals surface area contributed by atoms with Gasteiger partial charge in [-0.1, -0.05) is 0 Å². The third-order valence-electron chi connectivity index (χ3n) is 2.83. The summed E-state index contributed by atoms with van der Waals surface area (Å²) in [6.45, 7) is 1.83. The minimum Gasteiger partial charge on any atom is -0.304 e. The summed E-state index contributed by atoms with van der Waals surface area (Å²) >= 11 is 0. The molecule has 2 radical (unpaired) electrons. The summed E-state index contributed by atoms with van der Waals surface area (Å²) in [7, 11) is 7.31. The minimum absolute atomic E-state index is 0.253. The molecular weight excluding hydrogens is 245 g/mol. The lowest BCUT2D eigenvalue weighted by atomic mass is 9.91. The van der Waals surface area contributed by atoms with Crippen LogP contribution in [-0.2, 0) is 0 Å². The molecule has 0 aliphatic rings. The second kappa shape index (κ2) is 5.30. The Bertz CT molecular complexity index is 654. The molecule has 0 amide bonds. The van der Waals surface area contributed by atoms with Gasteiger partial charge in [-0.3, -0.25) is 4.98 Å². The van der Waals surface area contributed by atoms with Gasteiger partial charge in [-0.05, 0) is 36.3 Å². The minimum atomic E-state index is -0.642. The van der Waals surface area contributed by atoms with Crippen LogP contribution in [0.15, 0.2) is 35.5 Å². The fourth-order valence-electron chi connectivity index (χ4n) is 1.79. The fraction of sp³-hybridized carbons (Fsp3) is 0.143. The highest BCUT2D eigenvalue weighted by molar-refractivity contribution is 6.64. The first-order valence-electron chi connectivity index (χ1n) is 5.67. The number of aryl methyl sites for hydroxylation is 1. The molecule has 0 atom stereocenters. The van der Waals surface area contributed by atoms with Crippen molar-refractivity contribution < 1.29 is 8.78 Å². The summed E-state index contributed by atoms with van der Waals surface area (Å²) in [6.07, 6.45) is 1.54. The number of halogens is 2. The van der Waals surface area contributed by atoms with E-state index in [0.29, 0.717) is 16.9 Å². The van der Waals surface area contributed by atoms with Gasteiger partial charge in [0.2, 0.25) is 0 Å². The Hall–Kier alpha value is -2.04. The molecule has 19 heavy (non-hydrogen) atoms. The molecule has 0 saturated carbocycles. The van der Waals surface area contributed by atoms with E-state index in [1.807, 2.05) is 6.92 Å². The molecule has 0 saturated heterocycles. The molecule has 94 valence electrons. The van der Waals surface area contributed by atoms with E-state index in [9.17, 15) is 8.78 Å². The van der Waals surface area contributed by atoms with Crippen molar-refractivity contribution >= 4 is 13.5 Å². The van der Waals surface area contributed by atoms with Gasteiger partial charge in [0, 0.05) is 30.4 Å². The summed E-state index contributed by atoms with van der Waals surface area (Å²) in [5.74, 6) is -1.26. The molecule has 2 rings (SSSR count). The Morgan fingerprint density at radius 1 is 1.26 bits per heavy atom. The highest BCUT2D eigenvalue weighted by Crippen LogP contribution is 2.23. The van der Waals surface area contributed by atoms with Crippen LogP contribution < -0.4 is 0 Å². The summed E-state index contributed by atoms with van der Waals surface area (Å²) in [6, 6.07) is 5.10.